The molecule has 0 saturated carbocycles. The summed E-state index contributed by atoms with van der Waals surface area (Å²) in [6, 6.07) is 15.2. The maximum Gasteiger partial charge on any atom is 0.424 e. The molecule has 9 heteroatoms. The van der Waals surface area contributed by atoms with Crippen molar-refractivity contribution in [3.63, 3.8) is 0 Å². The molecule has 0 N–H and O–H groups in total. The summed E-state index contributed by atoms with van der Waals surface area (Å²) in [5.74, 6) is 4.65. The molecule has 2 saturated heterocycles. The third-order valence-electron chi connectivity index (χ3n) is 6.32. The van der Waals surface area contributed by atoms with Crippen LogP contribution < -0.4 is 4.90 Å². The van der Waals surface area contributed by atoms with E-state index in [0.29, 0.717) is 25.3 Å². The molecule has 0 aromatic heterocycles. The number of piperazine rings is 1. The molecule has 4 rings (SSSR count). The van der Waals surface area contributed by atoms with Gasteiger partial charge in [0.2, 0.25) is 5.60 Å². The number of anilines is 1. The van der Waals surface area contributed by atoms with Gasteiger partial charge in [0, 0.05) is 18.8 Å². The average molecular weight is 503 g/mol. The Morgan fingerprint density at radius 3 is 2.39 bits per heavy atom. The molecule has 0 spiro atoms. The first-order valence-electron chi connectivity index (χ1n) is 11.7. The number of hydrogen-bond donors (Lipinski definition) is 0. The van der Waals surface area contributed by atoms with Crippen LogP contribution in [0.4, 0.5) is 23.7 Å². The van der Waals surface area contributed by atoms with Crippen LogP contribution in [0.15, 0.2) is 54.6 Å². The lowest BCUT2D eigenvalue weighted by molar-refractivity contribution is -0.289. The van der Waals surface area contributed by atoms with Gasteiger partial charge in [-0.05, 0) is 44.0 Å². The molecule has 2 atom stereocenters. The first-order chi connectivity index (χ1) is 17.0. The molecule has 2 fully saturated rings. The van der Waals surface area contributed by atoms with Crippen molar-refractivity contribution in [1.29, 1.82) is 0 Å². The quantitative estimate of drug-likeness (QED) is 0.546. The number of hydrogen-bond acceptors (Lipinski definition) is 5. The molecule has 192 valence electrons. The minimum absolute atomic E-state index is 0.0226. The standard InChI is InChI=1S/C27H29F3N2O4/c1-4-8-23-17-31(24(33)34-18-20-9-6-5-7-10-20)15-16-32(23)22-13-11-21(12-14-22)26(27(28,29)30)19-35-25(2,3)36-26/h5-7,9-14,23H,15-19H2,1-3H3. The maximum atomic E-state index is 14.1. The van der Waals surface area contributed by atoms with Crippen molar-refractivity contribution >= 4 is 11.8 Å². The largest absolute Gasteiger partial charge is 0.445 e. The van der Waals surface area contributed by atoms with Crippen molar-refractivity contribution in [2.45, 2.75) is 51.0 Å². The van der Waals surface area contributed by atoms with Gasteiger partial charge < -0.3 is 24.0 Å². The third kappa shape index (κ3) is 5.30. The van der Waals surface area contributed by atoms with Gasteiger partial charge in [-0.15, -0.1) is 5.92 Å². The van der Waals surface area contributed by atoms with Gasteiger partial charge in [0.1, 0.15) is 12.6 Å². The van der Waals surface area contributed by atoms with Gasteiger partial charge in [0.25, 0.3) is 0 Å². The number of ether oxygens (including phenoxy) is 3. The number of nitrogens with zero attached hydrogens (tertiary/aromatic N) is 2. The summed E-state index contributed by atoms with van der Waals surface area (Å²) in [5.41, 5.74) is -0.949. The second-order valence-corrected chi connectivity index (χ2v) is 9.25. The fraction of sp³-hybridized carbons (Fsp3) is 0.444. The fourth-order valence-corrected chi connectivity index (χ4v) is 4.48. The lowest BCUT2D eigenvalue weighted by Crippen LogP contribution is -2.54. The lowest BCUT2D eigenvalue weighted by Gasteiger charge is -2.40. The highest BCUT2D eigenvalue weighted by Crippen LogP contribution is 2.49. The number of alkyl halides is 3. The summed E-state index contributed by atoms with van der Waals surface area (Å²) in [7, 11) is 0. The second kappa shape index (κ2) is 10.0. The summed E-state index contributed by atoms with van der Waals surface area (Å²) in [4.78, 5) is 16.2. The van der Waals surface area contributed by atoms with Gasteiger partial charge >= 0.3 is 12.3 Å². The normalized spacial score (nSPS) is 23.7. The first kappa shape index (κ1) is 25.9. The highest BCUT2D eigenvalue weighted by atomic mass is 19.4. The van der Waals surface area contributed by atoms with Crippen LogP contribution in [0.1, 0.15) is 31.9 Å². The molecule has 2 aliphatic rings. The fourth-order valence-electron chi connectivity index (χ4n) is 4.48. The Kier molecular flexibility index (Phi) is 7.21. The first-order valence-corrected chi connectivity index (χ1v) is 11.7. The van der Waals surface area contributed by atoms with Crippen LogP contribution in [-0.4, -0.2) is 55.2 Å². The second-order valence-electron chi connectivity index (χ2n) is 9.25. The number of carbonyl (C=O) groups excluding carboxylic acids is 1. The van der Waals surface area contributed by atoms with Crippen molar-refractivity contribution in [3.05, 3.63) is 65.7 Å². The van der Waals surface area contributed by atoms with Crippen LogP contribution in [0.25, 0.3) is 0 Å². The van der Waals surface area contributed by atoms with Gasteiger partial charge in [0.05, 0.1) is 13.2 Å². The summed E-state index contributed by atoms with van der Waals surface area (Å²) < 4.78 is 58.3. The van der Waals surface area contributed by atoms with Crippen molar-refractivity contribution in [3.8, 4) is 11.8 Å². The summed E-state index contributed by atoms with van der Waals surface area (Å²) >= 11 is 0. The average Bonchev–Trinajstić information content (AvgIpc) is 3.20. The summed E-state index contributed by atoms with van der Waals surface area (Å²) in [6.07, 6.45) is -5.07. The SMILES string of the molecule is CC#CC1CN(C(=O)OCc2ccccc2)CCN1c1ccc(C2(C(F)(F)F)COC(C)(C)O2)cc1. The van der Waals surface area contributed by atoms with E-state index in [9.17, 15) is 18.0 Å². The molecule has 0 radical (unpaired) electrons. The number of benzene rings is 2. The van der Waals surface area contributed by atoms with Gasteiger partial charge in [-0.2, -0.15) is 13.2 Å². The Labute approximate surface area is 208 Å². The lowest BCUT2D eigenvalue weighted by atomic mass is 9.93. The van der Waals surface area contributed by atoms with Crippen LogP contribution in [0.5, 0.6) is 0 Å². The zero-order valence-corrected chi connectivity index (χ0v) is 20.5. The van der Waals surface area contributed by atoms with Gasteiger partial charge in [-0.25, -0.2) is 4.79 Å². The monoisotopic (exact) mass is 502 g/mol. The minimum Gasteiger partial charge on any atom is -0.445 e. The van der Waals surface area contributed by atoms with Crippen molar-refractivity contribution in [2.75, 3.05) is 31.1 Å². The highest BCUT2D eigenvalue weighted by Gasteiger charge is 2.63. The zero-order valence-electron chi connectivity index (χ0n) is 20.5. The Balaban J connectivity index is 1.47. The Morgan fingerprint density at radius 1 is 1.11 bits per heavy atom. The van der Waals surface area contributed by atoms with Gasteiger partial charge in [0.15, 0.2) is 5.79 Å². The number of halogens is 3. The van der Waals surface area contributed by atoms with Gasteiger partial charge in [-0.3, -0.25) is 0 Å². The zero-order chi connectivity index (χ0) is 26.0. The maximum absolute atomic E-state index is 14.1. The predicted octanol–water partition coefficient (Wildman–Crippen LogP) is 5.08. The topological polar surface area (TPSA) is 51.2 Å². The molecular weight excluding hydrogens is 473 g/mol. The Morgan fingerprint density at radius 2 is 1.81 bits per heavy atom. The molecule has 2 unspecified atom stereocenters. The van der Waals surface area contributed by atoms with E-state index in [2.05, 4.69) is 11.8 Å². The van der Waals surface area contributed by atoms with Crippen molar-refractivity contribution in [2.24, 2.45) is 0 Å². The van der Waals surface area contributed by atoms with E-state index in [4.69, 9.17) is 14.2 Å². The van der Waals surface area contributed by atoms with Crippen molar-refractivity contribution in [1.82, 2.24) is 4.90 Å². The van der Waals surface area contributed by atoms with Crippen LogP contribution in [-0.2, 0) is 26.4 Å². The minimum atomic E-state index is -4.65. The van der Waals surface area contributed by atoms with E-state index < -0.39 is 30.3 Å². The number of carbonyl (C=O) groups is 1. The molecule has 36 heavy (non-hydrogen) atoms. The van der Waals surface area contributed by atoms with Crippen LogP contribution in [0.2, 0.25) is 0 Å². The van der Waals surface area contributed by atoms with E-state index in [0.717, 1.165) is 5.56 Å². The molecule has 6 nitrogen and oxygen atoms in total. The molecule has 2 aromatic rings. The molecule has 1 amide bonds. The Hall–Kier alpha value is -3.22. The van der Waals surface area contributed by atoms with Crippen LogP contribution in [0, 0.1) is 11.8 Å². The van der Waals surface area contributed by atoms with E-state index in [1.54, 1.807) is 24.0 Å². The van der Waals surface area contributed by atoms with Crippen LogP contribution in [0.3, 0.4) is 0 Å². The van der Waals surface area contributed by atoms with E-state index in [1.165, 1.54) is 26.0 Å². The molecule has 0 aliphatic carbocycles. The number of rotatable bonds is 4. The molecule has 0 bridgehead atoms. The predicted molar refractivity (Wildman–Crippen MR) is 128 cm³/mol. The van der Waals surface area contributed by atoms with E-state index in [1.807, 2.05) is 35.2 Å². The van der Waals surface area contributed by atoms with Crippen molar-refractivity contribution < 1.29 is 32.2 Å². The van der Waals surface area contributed by atoms with Crippen LogP contribution >= 0.6 is 0 Å². The molecule has 2 aromatic carbocycles. The molecule has 2 heterocycles. The van der Waals surface area contributed by atoms with E-state index in [-0.39, 0.29) is 18.2 Å². The smallest absolute Gasteiger partial charge is 0.424 e. The summed E-state index contributed by atoms with van der Waals surface area (Å²) in [5, 5.41) is 0. The number of amides is 1. The van der Waals surface area contributed by atoms with Gasteiger partial charge in [-0.1, -0.05) is 48.4 Å². The Bertz CT molecular complexity index is 1130. The highest BCUT2D eigenvalue weighted by molar-refractivity contribution is 5.68. The van der Waals surface area contributed by atoms with E-state index >= 15 is 0 Å². The summed E-state index contributed by atoms with van der Waals surface area (Å²) in [6.45, 7) is 5.37. The third-order valence-corrected chi connectivity index (χ3v) is 6.32. The molecule has 2 aliphatic heterocycles. The molecular formula is C27H29F3N2O4.